The average molecular weight is 366 g/mol. The molecule has 1 heterocycles. The molecular formula is C21H19NOS2. The van der Waals surface area contributed by atoms with Gasteiger partial charge in [0.2, 0.25) is 5.91 Å². The van der Waals surface area contributed by atoms with Crippen molar-refractivity contribution in [3.05, 3.63) is 78.4 Å². The Morgan fingerprint density at radius 3 is 2.68 bits per heavy atom. The van der Waals surface area contributed by atoms with Crippen LogP contribution in [-0.4, -0.2) is 23.0 Å². The zero-order valence-electron chi connectivity index (χ0n) is 14.0. The van der Waals surface area contributed by atoms with Crippen LogP contribution in [0.3, 0.4) is 0 Å². The molecule has 1 amide bonds. The highest BCUT2D eigenvalue weighted by atomic mass is 32.2. The number of allylic oxidation sites excluding steroid dienone is 2. The molecule has 0 unspecified atom stereocenters. The molecule has 2 aromatic rings. The SMILES string of the molecule is Cc1ccc(SCC(=O)N2c3ccccc3S[C@@H]3C=CC=C[C@@H]32)cc1. The van der Waals surface area contributed by atoms with Crippen LogP contribution < -0.4 is 4.90 Å². The van der Waals surface area contributed by atoms with Crippen LogP contribution in [0.4, 0.5) is 5.69 Å². The van der Waals surface area contributed by atoms with Gasteiger partial charge in [-0.3, -0.25) is 4.79 Å². The van der Waals surface area contributed by atoms with E-state index in [4.69, 9.17) is 0 Å². The Labute approximate surface area is 157 Å². The quantitative estimate of drug-likeness (QED) is 0.707. The molecule has 4 heteroatoms. The summed E-state index contributed by atoms with van der Waals surface area (Å²) in [6.07, 6.45) is 8.45. The Hall–Kier alpha value is -1.91. The normalized spacial score (nSPS) is 20.9. The van der Waals surface area contributed by atoms with Gasteiger partial charge in [-0.2, -0.15) is 0 Å². The summed E-state index contributed by atoms with van der Waals surface area (Å²) in [5.74, 6) is 0.608. The lowest BCUT2D eigenvalue weighted by Gasteiger charge is -2.40. The number of nitrogens with zero attached hydrogens (tertiary/aromatic N) is 1. The fourth-order valence-electron chi connectivity index (χ4n) is 3.13. The smallest absolute Gasteiger partial charge is 0.237 e. The molecule has 0 radical (unpaired) electrons. The Morgan fingerprint density at radius 2 is 1.84 bits per heavy atom. The van der Waals surface area contributed by atoms with Crippen LogP contribution in [0.5, 0.6) is 0 Å². The first-order valence-electron chi connectivity index (χ1n) is 8.34. The number of anilines is 1. The minimum absolute atomic E-state index is 0.0935. The molecule has 126 valence electrons. The van der Waals surface area contributed by atoms with E-state index >= 15 is 0 Å². The molecule has 2 atom stereocenters. The number of hydrogen-bond acceptors (Lipinski definition) is 3. The van der Waals surface area contributed by atoms with Gasteiger partial charge in [-0.25, -0.2) is 0 Å². The summed E-state index contributed by atoms with van der Waals surface area (Å²) in [7, 11) is 0. The molecule has 2 nitrogen and oxygen atoms in total. The maximum absolute atomic E-state index is 13.1. The van der Waals surface area contributed by atoms with Gasteiger partial charge >= 0.3 is 0 Å². The predicted octanol–water partition coefficient (Wildman–Crippen LogP) is 5.09. The highest BCUT2D eigenvalue weighted by Gasteiger charge is 2.36. The van der Waals surface area contributed by atoms with Crippen molar-refractivity contribution in [2.75, 3.05) is 10.7 Å². The van der Waals surface area contributed by atoms with Gasteiger partial charge in [-0.1, -0.05) is 54.1 Å². The Kier molecular flexibility index (Phi) is 4.73. The topological polar surface area (TPSA) is 20.3 Å². The van der Waals surface area contributed by atoms with Gasteiger partial charge in [0.15, 0.2) is 0 Å². The van der Waals surface area contributed by atoms with Crippen LogP contribution in [0.25, 0.3) is 0 Å². The van der Waals surface area contributed by atoms with E-state index in [1.54, 1.807) is 11.8 Å². The lowest BCUT2D eigenvalue weighted by atomic mass is 10.0. The maximum Gasteiger partial charge on any atom is 0.237 e. The molecule has 2 aliphatic rings. The van der Waals surface area contributed by atoms with Crippen molar-refractivity contribution < 1.29 is 4.79 Å². The largest absolute Gasteiger partial charge is 0.302 e. The van der Waals surface area contributed by atoms with Crippen molar-refractivity contribution in [2.24, 2.45) is 0 Å². The summed E-state index contributed by atoms with van der Waals surface area (Å²) in [4.78, 5) is 17.4. The minimum atomic E-state index is 0.0935. The molecule has 0 bridgehead atoms. The molecule has 0 aromatic heterocycles. The van der Waals surface area contributed by atoms with Crippen molar-refractivity contribution in [2.45, 2.75) is 28.0 Å². The highest BCUT2D eigenvalue weighted by molar-refractivity contribution is 8.00. The van der Waals surface area contributed by atoms with Crippen molar-refractivity contribution in [1.82, 2.24) is 0 Å². The number of hydrogen-bond donors (Lipinski definition) is 0. The number of aryl methyl sites for hydroxylation is 1. The third-order valence-electron chi connectivity index (χ3n) is 4.39. The van der Waals surface area contributed by atoms with Gasteiger partial charge in [0.1, 0.15) is 0 Å². The summed E-state index contributed by atoms with van der Waals surface area (Å²) in [6.45, 7) is 2.07. The Morgan fingerprint density at radius 1 is 1.08 bits per heavy atom. The van der Waals surface area contributed by atoms with Gasteiger partial charge < -0.3 is 4.90 Å². The molecule has 1 aliphatic carbocycles. The van der Waals surface area contributed by atoms with Crippen LogP contribution in [0, 0.1) is 6.92 Å². The van der Waals surface area contributed by atoms with Gasteiger partial charge in [0, 0.05) is 9.79 Å². The second-order valence-corrected chi connectivity index (χ2v) is 8.44. The number of thioether (sulfide) groups is 2. The monoisotopic (exact) mass is 365 g/mol. The lowest BCUT2D eigenvalue weighted by Crippen LogP contribution is -2.48. The van der Waals surface area contributed by atoms with E-state index in [1.807, 2.05) is 34.9 Å². The third kappa shape index (κ3) is 3.42. The number of carbonyl (C=O) groups excluding carboxylic acids is 1. The maximum atomic E-state index is 13.1. The number of fused-ring (bicyclic) bond motifs is 2. The van der Waals surface area contributed by atoms with Crippen LogP contribution in [0.15, 0.2) is 82.6 Å². The number of amides is 1. The molecule has 0 N–H and O–H groups in total. The van der Waals surface area contributed by atoms with Gasteiger partial charge in [0.05, 0.1) is 22.7 Å². The first-order valence-corrected chi connectivity index (χ1v) is 10.2. The van der Waals surface area contributed by atoms with Crippen LogP contribution in [0.2, 0.25) is 0 Å². The lowest BCUT2D eigenvalue weighted by molar-refractivity contribution is -0.116. The molecule has 4 rings (SSSR count). The summed E-state index contributed by atoms with van der Waals surface area (Å²) < 4.78 is 0. The van der Waals surface area contributed by atoms with Crippen LogP contribution in [0.1, 0.15) is 5.56 Å². The summed E-state index contributed by atoms with van der Waals surface area (Å²) in [6, 6.07) is 16.6. The van der Waals surface area contributed by atoms with E-state index in [-0.39, 0.29) is 17.2 Å². The molecule has 0 spiro atoms. The summed E-state index contributed by atoms with van der Waals surface area (Å²) in [5, 5.41) is 0.285. The van der Waals surface area contributed by atoms with Crippen LogP contribution in [-0.2, 0) is 4.79 Å². The average Bonchev–Trinajstić information content (AvgIpc) is 2.65. The van der Waals surface area contributed by atoms with Gasteiger partial charge in [-0.05, 0) is 31.2 Å². The molecule has 0 saturated heterocycles. The molecule has 25 heavy (non-hydrogen) atoms. The number of para-hydroxylation sites is 1. The van der Waals surface area contributed by atoms with Gasteiger partial charge in [0.25, 0.3) is 0 Å². The second kappa shape index (κ2) is 7.14. The molecule has 0 fully saturated rings. The highest BCUT2D eigenvalue weighted by Crippen LogP contribution is 2.43. The fourth-order valence-corrected chi connectivity index (χ4v) is 5.15. The first kappa shape index (κ1) is 16.6. The number of rotatable bonds is 3. The number of benzene rings is 2. The second-order valence-electron chi connectivity index (χ2n) is 6.18. The van der Waals surface area contributed by atoms with E-state index in [0.717, 1.165) is 10.6 Å². The predicted molar refractivity (Wildman–Crippen MR) is 108 cm³/mol. The number of carbonyl (C=O) groups is 1. The third-order valence-corrected chi connectivity index (χ3v) is 6.70. The summed E-state index contributed by atoms with van der Waals surface area (Å²) in [5.41, 5.74) is 2.27. The van der Waals surface area contributed by atoms with E-state index < -0.39 is 0 Å². The zero-order chi connectivity index (χ0) is 17.2. The van der Waals surface area contributed by atoms with Crippen molar-refractivity contribution in [1.29, 1.82) is 0 Å². The van der Waals surface area contributed by atoms with E-state index in [1.165, 1.54) is 10.5 Å². The zero-order valence-corrected chi connectivity index (χ0v) is 15.6. The summed E-state index contributed by atoms with van der Waals surface area (Å²) >= 11 is 3.44. The first-order chi connectivity index (χ1) is 12.2. The molecule has 2 aromatic carbocycles. The van der Waals surface area contributed by atoms with Crippen molar-refractivity contribution in [3.8, 4) is 0 Å². The van der Waals surface area contributed by atoms with Crippen molar-refractivity contribution in [3.63, 3.8) is 0 Å². The minimum Gasteiger partial charge on any atom is -0.302 e. The molecule has 0 saturated carbocycles. The Balaban J connectivity index is 1.58. The van der Waals surface area contributed by atoms with Crippen LogP contribution >= 0.6 is 23.5 Å². The van der Waals surface area contributed by atoms with E-state index in [9.17, 15) is 4.79 Å². The Bertz CT molecular complexity index is 841. The molecular weight excluding hydrogens is 346 g/mol. The van der Waals surface area contributed by atoms with E-state index in [2.05, 4.69) is 61.5 Å². The standard InChI is InChI=1S/C21H19NOS2/c1-15-10-12-16(13-11-15)24-14-21(23)22-17-6-2-4-8-19(17)25-20-9-5-3-7-18(20)22/h2-13,17,19H,14H2,1H3/t17-,19+/m0/s1. The van der Waals surface area contributed by atoms with Crippen molar-refractivity contribution >= 4 is 35.1 Å². The fraction of sp³-hybridized carbons (Fsp3) is 0.190. The van der Waals surface area contributed by atoms with Gasteiger partial charge in [-0.15, -0.1) is 23.5 Å². The van der Waals surface area contributed by atoms with E-state index in [0.29, 0.717) is 5.75 Å². The molecule has 1 aliphatic heterocycles.